The normalized spacial score (nSPS) is 13.7. The van der Waals surface area contributed by atoms with Gasteiger partial charge in [-0.15, -0.1) is 46.4 Å². The average molecular weight is 452 g/mol. The van der Waals surface area contributed by atoms with Gasteiger partial charge in [0, 0.05) is 6.42 Å². The van der Waals surface area contributed by atoms with Crippen LogP contribution in [0.3, 0.4) is 0 Å². The summed E-state index contributed by atoms with van der Waals surface area (Å²) in [5.41, 5.74) is 0. The SMILES string of the molecule is FC(Cl)(Cl)CC(Cl)Cl.FC(F)(Cl)C(Cl)(Cl)C(Cl)Cl. The maximum atomic E-state index is 12.1. The van der Waals surface area contributed by atoms with Crippen molar-refractivity contribution in [3.8, 4) is 0 Å². The summed E-state index contributed by atoms with van der Waals surface area (Å²) in [5, 5.41) is -3.84. The number of hydrogen-bond donors (Lipinski definition) is 0. The first-order valence-electron chi connectivity index (χ1n) is 3.69. The van der Waals surface area contributed by atoms with Crippen molar-refractivity contribution in [2.75, 3.05) is 0 Å². The van der Waals surface area contributed by atoms with Crippen molar-refractivity contribution in [3.63, 3.8) is 0 Å². The van der Waals surface area contributed by atoms with E-state index in [-0.39, 0.29) is 6.42 Å². The molecule has 0 rings (SSSR count). The van der Waals surface area contributed by atoms with Gasteiger partial charge in [0.2, 0.25) is 4.33 Å². The summed E-state index contributed by atoms with van der Waals surface area (Å²) < 4.78 is 31.2. The second-order valence-electron chi connectivity index (χ2n) is 2.63. The largest absolute Gasteiger partial charge is 0.356 e. The van der Waals surface area contributed by atoms with Gasteiger partial charge in [-0.1, -0.05) is 46.4 Å². The molecule has 0 radical (unpaired) electrons. The van der Waals surface area contributed by atoms with Crippen molar-refractivity contribution in [1.29, 1.82) is 0 Å². The Morgan fingerprint density at radius 3 is 1.11 bits per heavy atom. The van der Waals surface area contributed by atoms with Gasteiger partial charge in [-0.2, -0.15) is 8.78 Å². The Kier molecular flexibility index (Phi) is 11.0. The van der Waals surface area contributed by atoms with E-state index in [4.69, 9.17) is 92.8 Å². The monoisotopic (exact) mass is 448 g/mol. The molecule has 0 unspecified atom stereocenters. The molecule has 0 aliphatic heterocycles. The number of hydrogen-bond acceptors (Lipinski definition) is 0. The zero-order valence-corrected chi connectivity index (χ0v) is 14.7. The van der Waals surface area contributed by atoms with E-state index < -0.39 is 24.0 Å². The van der Waals surface area contributed by atoms with Crippen LogP contribution in [0, 0.1) is 0 Å². The van der Waals surface area contributed by atoms with Gasteiger partial charge in [0.15, 0.2) is 0 Å². The quantitative estimate of drug-likeness (QED) is 0.400. The Bertz CT molecular complexity index is 231. The van der Waals surface area contributed by atoms with Gasteiger partial charge in [-0.05, 0) is 11.6 Å². The van der Waals surface area contributed by atoms with Crippen LogP contribution in [-0.4, -0.2) is 24.0 Å². The zero-order valence-electron chi connectivity index (χ0n) is 7.90. The van der Waals surface area contributed by atoms with Crippen LogP contribution in [0.2, 0.25) is 0 Å². The van der Waals surface area contributed by atoms with E-state index >= 15 is 0 Å². The van der Waals surface area contributed by atoms with Gasteiger partial charge < -0.3 is 0 Å². The third kappa shape index (κ3) is 11.1. The molecule has 0 N–H and O–H groups in total. The van der Waals surface area contributed by atoms with Crippen molar-refractivity contribution in [2.45, 2.75) is 30.4 Å². The highest BCUT2D eigenvalue weighted by Gasteiger charge is 2.54. The van der Waals surface area contributed by atoms with E-state index in [9.17, 15) is 13.2 Å². The van der Waals surface area contributed by atoms with Crippen molar-refractivity contribution >= 4 is 104 Å². The van der Waals surface area contributed by atoms with Crippen molar-refractivity contribution in [2.24, 2.45) is 0 Å². The Balaban J connectivity index is 0. The summed E-state index contributed by atoms with van der Waals surface area (Å²) in [6, 6.07) is 0. The molecule has 0 nitrogen and oxygen atoms in total. The standard InChI is InChI=1S/C3HCl5F2.C3H3Cl4F/c4-1(5)2(6,7)3(8,9)10;4-2(5)1-3(6,7)8/h1H;2H,1H2. The zero-order chi connectivity index (χ0) is 15.4. The fraction of sp³-hybridized carbons (Fsp3) is 1.00. The molecule has 0 aromatic heterocycles. The lowest BCUT2D eigenvalue weighted by Crippen LogP contribution is -2.38. The molecule has 0 fully saturated rings. The highest BCUT2D eigenvalue weighted by Crippen LogP contribution is 2.47. The molecule has 0 amide bonds. The van der Waals surface area contributed by atoms with Crippen LogP contribution in [0.5, 0.6) is 0 Å². The molecule has 112 valence electrons. The number of alkyl halides is 12. The molecule has 18 heavy (non-hydrogen) atoms. The summed E-state index contributed by atoms with van der Waals surface area (Å²) in [6.45, 7) is 0. The van der Waals surface area contributed by atoms with Crippen LogP contribution in [0.4, 0.5) is 13.2 Å². The molecule has 0 aliphatic rings. The minimum atomic E-state index is -3.84. The highest BCUT2D eigenvalue weighted by molar-refractivity contribution is 6.62. The molecule has 0 aromatic rings. The molecule has 0 aliphatic carbocycles. The van der Waals surface area contributed by atoms with Gasteiger partial charge in [-0.3, -0.25) is 0 Å². The summed E-state index contributed by atoms with van der Waals surface area (Å²) in [7, 11) is 0. The Morgan fingerprint density at radius 2 is 1.11 bits per heavy atom. The highest BCUT2D eigenvalue weighted by atomic mass is 35.5. The van der Waals surface area contributed by atoms with Gasteiger partial charge >= 0.3 is 5.38 Å². The fourth-order valence-electron chi connectivity index (χ4n) is 0.299. The third-order valence-corrected chi connectivity index (χ3v) is 4.16. The van der Waals surface area contributed by atoms with Crippen LogP contribution in [-0.2, 0) is 0 Å². The van der Waals surface area contributed by atoms with E-state index in [1.54, 1.807) is 0 Å². The minimum Gasteiger partial charge on any atom is -0.208 e. The first-order valence-corrected chi connectivity index (χ1v) is 7.32. The van der Waals surface area contributed by atoms with E-state index in [1.165, 1.54) is 0 Å². The lowest BCUT2D eigenvalue weighted by atomic mass is 10.5. The van der Waals surface area contributed by atoms with Gasteiger partial charge in [0.05, 0.1) is 0 Å². The third-order valence-electron chi connectivity index (χ3n) is 1.04. The number of rotatable bonds is 4. The van der Waals surface area contributed by atoms with Crippen molar-refractivity contribution in [3.05, 3.63) is 0 Å². The van der Waals surface area contributed by atoms with Crippen LogP contribution < -0.4 is 0 Å². The topological polar surface area (TPSA) is 0 Å². The minimum absolute atomic E-state index is 0.279. The second kappa shape index (κ2) is 8.75. The van der Waals surface area contributed by atoms with E-state index in [2.05, 4.69) is 11.6 Å². The molecule has 0 heterocycles. The molecule has 0 atom stereocenters. The van der Waals surface area contributed by atoms with E-state index in [0.717, 1.165) is 0 Å². The van der Waals surface area contributed by atoms with Crippen LogP contribution in [0.15, 0.2) is 0 Å². The van der Waals surface area contributed by atoms with Gasteiger partial charge in [0.25, 0.3) is 4.59 Å². The van der Waals surface area contributed by atoms with Crippen LogP contribution in [0.1, 0.15) is 6.42 Å². The Morgan fingerprint density at radius 1 is 0.778 bits per heavy atom. The lowest BCUT2D eigenvalue weighted by Gasteiger charge is -2.24. The maximum absolute atomic E-state index is 12.1. The van der Waals surface area contributed by atoms with E-state index in [0.29, 0.717) is 0 Å². The Hall–Kier alpha value is 2.40. The molecule has 0 spiro atoms. The molecule has 0 saturated heterocycles. The van der Waals surface area contributed by atoms with Crippen molar-refractivity contribution < 1.29 is 13.2 Å². The lowest BCUT2D eigenvalue weighted by molar-refractivity contribution is 0.0806. The van der Waals surface area contributed by atoms with Crippen LogP contribution in [0.25, 0.3) is 0 Å². The summed E-state index contributed by atoms with van der Waals surface area (Å²) in [6.07, 6.45) is -0.279. The van der Waals surface area contributed by atoms with Gasteiger partial charge in [0.1, 0.15) is 9.67 Å². The van der Waals surface area contributed by atoms with Gasteiger partial charge in [-0.25, -0.2) is 4.39 Å². The van der Waals surface area contributed by atoms with E-state index in [1.807, 2.05) is 0 Å². The molecular formula is C6H4Cl9F3. The average Bonchev–Trinajstić information content (AvgIpc) is 1.96. The second-order valence-corrected chi connectivity index (χ2v) is 8.26. The predicted molar refractivity (Wildman–Crippen MR) is 76.4 cm³/mol. The fourth-order valence-corrected chi connectivity index (χ4v) is 1.84. The number of halogens is 12. The first-order chi connectivity index (χ1) is 7.61. The summed E-state index contributed by atoms with van der Waals surface area (Å²) >= 11 is 44.3. The summed E-state index contributed by atoms with van der Waals surface area (Å²) in [4.78, 5) is -2.50. The molecule has 12 heteroatoms. The first kappa shape index (κ1) is 22.7. The van der Waals surface area contributed by atoms with Crippen LogP contribution >= 0.6 is 104 Å². The predicted octanol–water partition coefficient (Wildman–Crippen LogP) is 7.08. The molecule has 0 bridgehead atoms. The van der Waals surface area contributed by atoms with Crippen molar-refractivity contribution in [1.82, 2.24) is 0 Å². The molecule has 0 saturated carbocycles. The Labute approximate surface area is 147 Å². The molecule has 0 aromatic carbocycles. The summed E-state index contributed by atoms with van der Waals surface area (Å²) in [5.74, 6) is 0. The maximum Gasteiger partial charge on any atom is 0.356 e. The smallest absolute Gasteiger partial charge is 0.208 e. The molecular weight excluding hydrogens is 448 g/mol.